The predicted octanol–water partition coefficient (Wildman–Crippen LogP) is 8.24. The monoisotopic (exact) mass is 386 g/mol. The highest BCUT2D eigenvalue weighted by Gasteiger charge is 2.37. The van der Waals surface area contributed by atoms with Gasteiger partial charge in [-0.05, 0) is 75.9 Å². The minimum Gasteiger partial charge on any atom is -0.144 e. The van der Waals surface area contributed by atoms with E-state index in [1.54, 1.807) is 0 Å². The maximum Gasteiger partial charge on any atom is 0.0348 e. The van der Waals surface area contributed by atoms with Crippen LogP contribution >= 0.6 is 11.3 Å². The molecule has 1 aromatic heterocycles. The highest BCUT2D eigenvalue weighted by atomic mass is 32.1. The van der Waals surface area contributed by atoms with Crippen LogP contribution in [0.2, 0.25) is 0 Å². The molecule has 0 spiro atoms. The summed E-state index contributed by atoms with van der Waals surface area (Å²) >= 11 is 1.83. The molecule has 0 atom stereocenters. The molecule has 1 aliphatic rings. The number of rotatable bonds is 3. The Labute approximate surface area is 174 Å². The van der Waals surface area contributed by atoms with Crippen molar-refractivity contribution in [1.29, 1.82) is 0 Å². The van der Waals surface area contributed by atoms with Crippen LogP contribution in [0.15, 0.2) is 53.9 Å². The minimum atomic E-state index is 0.227. The molecule has 0 radical (unpaired) electrons. The Bertz CT molecular complexity index is 999. The number of fused-ring (bicyclic) bond motifs is 1. The van der Waals surface area contributed by atoms with Gasteiger partial charge in [0.2, 0.25) is 0 Å². The van der Waals surface area contributed by atoms with Crippen molar-refractivity contribution in [2.45, 2.75) is 58.3 Å². The van der Waals surface area contributed by atoms with Crippen molar-refractivity contribution in [3.63, 3.8) is 0 Å². The predicted molar refractivity (Wildman–Crippen MR) is 125 cm³/mol. The zero-order chi connectivity index (χ0) is 19.9. The van der Waals surface area contributed by atoms with Crippen molar-refractivity contribution in [1.82, 2.24) is 0 Å². The summed E-state index contributed by atoms with van der Waals surface area (Å²) in [5.74, 6) is 0. The van der Waals surface area contributed by atoms with E-state index in [0.29, 0.717) is 0 Å². The van der Waals surface area contributed by atoms with Gasteiger partial charge in [-0.15, -0.1) is 11.3 Å². The molecular weight excluding hydrogens is 356 g/mol. The Morgan fingerprint density at radius 2 is 1.46 bits per heavy atom. The molecule has 0 saturated carbocycles. The lowest BCUT2D eigenvalue weighted by molar-refractivity contribution is 0.332. The van der Waals surface area contributed by atoms with Gasteiger partial charge in [-0.3, -0.25) is 0 Å². The van der Waals surface area contributed by atoms with Gasteiger partial charge in [-0.25, -0.2) is 0 Å². The number of hydrogen-bond acceptors (Lipinski definition) is 1. The standard InChI is InChI=1S/C27H30S/c1-19-8-10-20(11-9-19)12-13-21-17-23-24(18-22(21)25-7-6-16-28-25)27(4,5)15-14-26(23,2)3/h6-13,16-18H,14-15H2,1-5H3/b13-12+. The molecule has 0 bridgehead atoms. The van der Waals surface area contributed by atoms with Crippen LogP contribution in [0.3, 0.4) is 0 Å². The fourth-order valence-electron chi connectivity index (χ4n) is 4.28. The van der Waals surface area contributed by atoms with Gasteiger partial charge in [0.1, 0.15) is 0 Å². The Morgan fingerprint density at radius 3 is 2.07 bits per heavy atom. The van der Waals surface area contributed by atoms with Crippen LogP contribution in [0.4, 0.5) is 0 Å². The van der Waals surface area contributed by atoms with Crippen LogP contribution in [-0.2, 0) is 10.8 Å². The molecule has 3 aromatic rings. The highest BCUT2D eigenvalue weighted by Crippen LogP contribution is 2.48. The molecule has 0 saturated heterocycles. The highest BCUT2D eigenvalue weighted by molar-refractivity contribution is 7.13. The van der Waals surface area contributed by atoms with Crippen molar-refractivity contribution in [2.24, 2.45) is 0 Å². The van der Waals surface area contributed by atoms with Crippen LogP contribution in [0.1, 0.15) is 68.4 Å². The molecule has 0 nitrogen and oxygen atoms in total. The lowest BCUT2D eigenvalue weighted by Crippen LogP contribution is -2.34. The summed E-state index contributed by atoms with van der Waals surface area (Å²) < 4.78 is 0. The first kappa shape index (κ1) is 19.2. The lowest BCUT2D eigenvalue weighted by atomic mass is 9.62. The third-order valence-electron chi connectivity index (χ3n) is 6.34. The van der Waals surface area contributed by atoms with Crippen LogP contribution in [0.5, 0.6) is 0 Å². The van der Waals surface area contributed by atoms with Gasteiger partial charge in [0, 0.05) is 4.88 Å². The van der Waals surface area contributed by atoms with E-state index in [2.05, 4.69) is 101 Å². The Morgan fingerprint density at radius 1 is 0.821 bits per heavy atom. The second-order valence-electron chi connectivity index (χ2n) is 9.47. The third-order valence-corrected chi connectivity index (χ3v) is 7.25. The summed E-state index contributed by atoms with van der Waals surface area (Å²) in [5.41, 5.74) is 8.75. The Balaban J connectivity index is 1.88. The first-order valence-corrected chi connectivity index (χ1v) is 11.1. The number of hydrogen-bond donors (Lipinski definition) is 0. The van der Waals surface area contributed by atoms with Crippen LogP contribution in [0, 0.1) is 6.92 Å². The van der Waals surface area contributed by atoms with Gasteiger partial charge >= 0.3 is 0 Å². The van der Waals surface area contributed by atoms with Gasteiger partial charge in [-0.2, -0.15) is 0 Å². The van der Waals surface area contributed by atoms with E-state index in [9.17, 15) is 0 Å². The molecular formula is C27H30S. The molecule has 0 aliphatic heterocycles. The quantitative estimate of drug-likeness (QED) is 0.397. The normalized spacial score (nSPS) is 17.6. The van der Waals surface area contributed by atoms with Crippen LogP contribution < -0.4 is 0 Å². The van der Waals surface area contributed by atoms with E-state index in [0.717, 1.165) is 0 Å². The third kappa shape index (κ3) is 3.61. The topological polar surface area (TPSA) is 0 Å². The largest absolute Gasteiger partial charge is 0.144 e. The van der Waals surface area contributed by atoms with E-state index >= 15 is 0 Å². The molecule has 0 unspecified atom stereocenters. The van der Waals surface area contributed by atoms with Crippen LogP contribution in [0.25, 0.3) is 22.6 Å². The van der Waals surface area contributed by atoms with E-state index in [1.807, 2.05) is 11.3 Å². The molecule has 4 rings (SSSR count). The fraction of sp³-hybridized carbons (Fsp3) is 0.333. The number of benzene rings is 2. The second kappa shape index (κ2) is 7.04. The first-order valence-electron chi connectivity index (χ1n) is 10.2. The second-order valence-corrected chi connectivity index (χ2v) is 10.4. The van der Waals surface area contributed by atoms with Gasteiger partial charge < -0.3 is 0 Å². The molecule has 1 aliphatic carbocycles. The van der Waals surface area contributed by atoms with E-state index < -0.39 is 0 Å². The average molecular weight is 387 g/mol. The van der Waals surface area contributed by atoms with E-state index in [-0.39, 0.29) is 10.8 Å². The molecule has 0 amide bonds. The van der Waals surface area contributed by atoms with Crippen molar-refractivity contribution >= 4 is 23.5 Å². The smallest absolute Gasteiger partial charge is 0.0348 e. The maximum absolute atomic E-state index is 2.48. The molecule has 1 heteroatoms. The molecule has 1 heterocycles. The van der Waals surface area contributed by atoms with Crippen LogP contribution in [-0.4, -0.2) is 0 Å². The Kier molecular flexibility index (Phi) is 4.83. The van der Waals surface area contributed by atoms with E-state index in [1.165, 1.54) is 51.1 Å². The average Bonchev–Trinajstić information content (AvgIpc) is 3.19. The Hall–Kier alpha value is -2.12. The zero-order valence-corrected chi connectivity index (χ0v) is 18.5. The zero-order valence-electron chi connectivity index (χ0n) is 17.7. The summed E-state index contributed by atoms with van der Waals surface area (Å²) in [7, 11) is 0. The van der Waals surface area contributed by atoms with Crippen molar-refractivity contribution < 1.29 is 0 Å². The summed E-state index contributed by atoms with van der Waals surface area (Å²) in [6, 6.07) is 18.1. The van der Waals surface area contributed by atoms with Crippen molar-refractivity contribution in [2.75, 3.05) is 0 Å². The SMILES string of the molecule is Cc1ccc(/C=C/c2cc3c(cc2-c2cccs2)C(C)(C)CCC3(C)C)cc1. The summed E-state index contributed by atoms with van der Waals surface area (Å²) in [4.78, 5) is 1.35. The summed E-state index contributed by atoms with van der Waals surface area (Å²) in [6.45, 7) is 11.7. The molecule has 28 heavy (non-hydrogen) atoms. The fourth-order valence-corrected chi connectivity index (χ4v) is 5.04. The lowest BCUT2D eigenvalue weighted by Gasteiger charge is -2.42. The van der Waals surface area contributed by atoms with Crippen molar-refractivity contribution in [3.05, 3.63) is 81.7 Å². The minimum absolute atomic E-state index is 0.227. The van der Waals surface area contributed by atoms with Gasteiger partial charge in [0.05, 0.1) is 0 Å². The molecule has 2 aromatic carbocycles. The summed E-state index contributed by atoms with van der Waals surface area (Å²) in [6.07, 6.45) is 7.04. The van der Waals surface area contributed by atoms with Gasteiger partial charge in [-0.1, -0.05) is 81.8 Å². The van der Waals surface area contributed by atoms with Gasteiger partial charge in [0.15, 0.2) is 0 Å². The molecule has 0 N–H and O–H groups in total. The van der Waals surface area contributed by atoms with E-state index in [4.69, 9.17) is 0 Å². The molecule has 144 valence electrons. The maximum atomic E-state index is 2.48. The number of thiophene rings is 1. The molecule has 0 fully saturated rings. The summed E-state index contributed by atoms with van der Waals surface area (Å²) in [5, 5.41) is 2.18. The first-order chi connectivity index (χ1) is 13.3. The van der Waals surface area contributed by atoms with Gasteiger partial charge in [0.25, 0.3) is 0 Å². The number of aryl methyl sites for hydroxylation is 1. The van der Waals surface area contributed by atoms with Crippen molar-refractivity contribution in [3.8, 4) is 10.4 Å².